The van der Waals surface area contributed by atoms with Gasteiger partial charge in [0.2, 0.25) is 0 Å². The van der Waals surface area contributed by atoms with Crippen LogP contribution in [0.25, 0.3) is 0 Å². The number of aliphatic imine (C=N–C) groups is 1. The van der Waals surface area contributed by atoms with Crippen molar-refractivity contribution >= 4 is 5.96 Å². The van der Waals surface area contributed by atoms with E-state index in [1.165, 1.54) is 6.07 Å². The zero-order valence-electron chi connectivity index (χ0n) is 8.57. The molecule has 1 saturated carbocycles. The van der Waals surface area contributed by atoms with Crippen molar-refractivity contribution < 1.29 is 4.39 Å². The monoisotopic (exact) mass is 207 g/mol. The van der Waals surface area contributed by atoms with Gasteiger partial charge >= 0.3 is 0 Å². The summed E-state index contributed by atoms with van der Waals surface area (Å²) in [6, 6.07) is 7.00. The molecule has 1 aromatic carbocycles. The fourth-order valence-electron chi connectivity index (χ4n) is 1.71. The average molecular weight is 207 g/mol. The predicted molar refractivity (Wildman–Crippen MR) is 58.2 cm³/mol. The van der Waals surface area contributed by atoms with Gasteiger partial charge in [0.25, 0.3) is 0 Å². The van der Waals surface area contributed by atoms with Gasteiger partial charge in [-0.25, -0.2) is 4.39 Å². The Bertz CT molecular complexity index is 389. The summed E-state index contributed by atoms with van der Waals surface area (Å²) in [5, 5.41) is 3.08. The highest BCUT2D eigenvalue weighted by Gasteiger charge is 2.38. The van der Waals surface area contributed by atoms with E-state index in [4.69, 9.17) is 5.73 Å². The molecule has 1 aliphatic rings. The van der Waals surface area contributed by atoms with Crippen LogP contribution >= 0.6 is 0 Å². The van der Waals surface area contributed by atoms with Crippen molar-refractivity contribution in [2.75, 3.05) is 7.05 Å². The molecule has 0 heterocycles. The third-order valence-electron chi connectivity index (χ3n) is 2.64. The van der Waals surface area contributed by atoms with Gasteiger partial charge in [-0.1, -0.05) is 12.1 Å². The maximum absolute atomic E-state index is 12.9. The van der Waals surface area contributed by atoms with Crippen molar-refractivity contribution in [2.24, 2.45) is 10.7 Å². The number of hydrogen-bond acceptors (Lipinski definition) is 1. The van der Waals surface area contributed by atoms with Crippen LogP contribution in [0.3, 0.4) is 0 Å². The number of nitrogens with zero attached hydrogens (tertiary/aromatic N) is 1. The van der Waals surface area contributed by atoms with E-state index in [2.05, 4.69) is 10.3 Å². The molecule has 0 spiro atoms. The minimum absolute atomic E-state index is 0.185. The smallest absolute Gasteiger partial charge is 0.188 e. The maximum atomic E-state index is 12.9. The summed E-state index contributed by atoms with van der Waals surface area (Å²) < 4.78 is 12.9. The van der Waals surface area contributed by atoms with Crippen molar-refractivity contribution in [1.29, 1.82) is 0 Å². The number of nitrogens with one attached hydrogen (secondary N) is 1. The van der Waals surface area contributed by atoms with E-state index >= 15 is 0 Å². The summed E-state index contributed by atoms with van der Waals surface area (Å²) in [6.45, 7) is 0. The number of nitrogens with two attached hydrogens (primary N) is 1. The number of halogens is 1. The van der Waals surface area contributed by atoms with Gasteiger partial charge in [0, 0.05) is 19.0 Å². The summed E-state index contributed by atoms with van der Waals surface area (Å²) in [4.78, 5) is 3.82. The van der Waals surface area contributed by atoms with E-state index in [1.54, 1.807) is 19.2 Å². The Morgan fingerprint density at radius 3 is 3.07 bits per heavy atom. The summed E-state index contributed by atoms with van der Waals surface area (Å²) >= 11 is 0. The van der Waals surface area contributed by atoms with E-state index in [-0.39, 0.29) is 5.82 Å². The number of guanidine groups is 1. The minimum atomic E-state index is -0.185. The van der Waals surface area contributed by atoms with E-state index in [0.29, 0.717) is 17.9 Å². The zero-order chi connectivity index (χ0) is 10.8. The summed E-state index contributed by atoms with van der Waals surface area (Å²) in [5.41, 5.74) is 6.57. The zero-order valence-corrected chi connectivity index (χ0v) is 8.57. The Morgan fingerprint density at radius 1 is 1.60 bits per heavy atom. The van der Waals surface area contributed by atoms with Crippen molar-refractivity contribution in [1.82, 2.24) is 5.32 Å². The van der Waals surface area contributed by atoms with E-state index in [9.17, 15) is 4.39 Å². The maximum Gasteiger partial charge on any atom is 0.188 e. The Balaban J connectivity index is 1.99. The fourth-order valence-corrected chi connectivity index (χ4v) is 1.71. The lowest BCUT2D eigenvalue weighted by atomic mass is 10.1. The van der Waals surface area contributed by atoms with Crippen LogP contribution < -0.4 is 11.1 Å². The molecular formula is C11H14FN3. The molecule has 3 nitrogen and oxygen atoms in total. The molecule has 0 radical (unpaired) electrons. The quantitative estimate of drug-likeness (QED) is 0.566. The highest BCUT2D eigenvalue weighted by atomic mass is 19.1. The van der Waals surface area contributed by atoms with E-state index in [0.717, 1.165) is 12.0 Å². The van der Waals surface area contributed by atoms with Crippen molar-refractivity contribution in [3.63, 3.8) is 0 Å². The van der Waals surface area contributed by atoms with Gasteiger partial charge in [0.1, 0.15) is 5.82 Å². The topological polar surface area (TPSA) is 50.4 Å². The summed E-state index contributed by atoms with van der Waals surface area (Å²) in [5.74, 6) is 0.621. The molecule has 1 aliphatic carbocycles. The van der Waals surface area contributed by atoms with Crippen LogP contribution in [0.1, 0.15) is 17.9 Å². The van der Waals surface area contributed by atoms with Crippen molar-refractivity contribution in [2.45, 2.75) is 18.4 Å². The van der Waals surface area contributed by atoms with Crippen LogP contribution in [-0.2, 0) is 0 Å². The Morgan fingerprint density at radius 2 is 2.40 bits per heavy atom. The first kappa shape index (κ1) is 9.96. The van der Waals surface area contributed by atoms with Gasteiger partial charge < -0.3 is 11.1 Å². The third-order valence-corrected chi connectivity index (χ3v) is 2.64. The molecule has 2 atom stereocenters. The van der Waals surface area contributed by atoms with Crippen molar-refractivity contribution in [3.05, 3.63) is 35.6 Å². The molecular weight excluding hydrogens is 193 g/mol. The molecule has 0 amide bonds. The lowest BCUT2D eigenvalue weighted by molar-refractivity contribution is 0.625. The van der Waals surface area contributed by atoms with Gasteiger partial charge in [-0.15, -0.1) is 0 Å². The van der Waals surface area contributed by atoms with E-state index in [1.807, 2.05) is 6.07 Å². The van der Waals surface area contributed by atoms with Gasteiger partial charge in [-0.05, 0) is 24.1 Å². The molecule has 1 aromatic rings. The van der Waals surface area contributed by atoms with Crippen LogP contribution in [0.2, 0.25) is 0 Å². The Labute approximate surface area is 88.2 Å². The van der Waals surface area contributed by atoms with Gasteiger partial charge in [0.15, 0.2) is 5.96 Å². The molecule has 0 bridgehead atoms. The standard InChI is InChI=1S/C11H14FN3/c1-14-11(13)15-10-6-9(10)7-3-2-4-8(12)5-7/h2-5,9-10H,6H2,1H3,(H3,13,14,15)/t9-,10+/m0/s1. The van der Waals surface area contributed by atoms with Gasteiger partial charge in [-0.3, -0.25) is 4.99 Å². The highest BCUT2D eigenvalue weighted by Crippen LogP contribution is 2.40. The number of benzene rings is 1. The van der Waals surface area contributed by atoms with Crippen LogP contribution in [-0.4, -0.2) is 19.0 Å². The molecule has 0 aliphatic heterocycles. The van der Waals surface area contributed by atoms with Crippen molar-refractivity contribution in [3.8, 4) is 0 Å². The molecule has 80 valence electrons. The van der Waals surface area contributed by atoms with Crippen LogP contribution in [0, 0.1) is 5.82 Å². The predicted octanol–water partition coefficient (Wildman–Crippen LogP) is 1.22. The number of hydrogen-bond donors (Lipinski definition) is 2. The van der Waals surface area contributed by atoms with Gasteiger partial charge in [-0.2, -0.15) is 0 Å². The molecule has 1 fully saturated rings. The lowest BCUT2D eigenvalue weighted by Gasteiger charge is -2.03. The Kier molecular flexibility index (Phi) is 2.58. The second-order valence-electron chi connectivity index (χ2n) is 3.76. The van der Waals surface area contributed by atoms with Crippen LogP contribution in [0.15, 0.2) is 29.3 Å². The molecule has 2 rings (SSSR count). The normalized spacial score (nSPS) is 25.1. The van der Waals surface area contributed by atoms with Gasteiger partial charge in [0.05, 0.1) is 0 Å². The minimum Gasteiger partial charge on any atom is -0.370 e. The summed E-state index contributed by atoms with van der Waals surface area (Å²) in [6.07, 6.45) is 0.986. The molecule has 4 heteroatoms. The van der Waals surface area contributed by atoms with E-state index < -0.39 is 0 Å². The molecule has 0 saturated heterocycles. The second-order valence-corrected chi connectivity index (χ2v) is 3.76. The molecule has 0 unspecified atom stereocenters. The fraction of sp³-hybridized carbons (Fsp3) is 0.364. The second kappa shape index (κ2) is 3.88. The molecule has 0 aromatic heterocycles. The third kappa shape index (κ3) is 2.26. The SMILES string of the molecule is CN=C(N)N[C@@H]1C[C@H]1c1cccc(F)c1. The first-order valence-electron chi connectivity index (χ1n) is 4.95. The first-order chi connectivity index (χ1) is 7.20. The lowest BCUT2D eigenvalue weighted by Crippen LogP contribution is -2.33. The molecule has 3 N–H and O–H groups in total. The summed E-state index contributed by atoms with van der Waals surface area (Å²) in [7, 11) is 1.64. The molecule has 15 heavy (non-hydrogen) atoms. The average Bonchev–Trinajstić information content (AvgIpc) is 2.97. The number of rotatable bonds is 2. The largest absolute Gasteiger partial charge is 0.370 e. The first-order valence-corrected chi connectivity index (χ1v) is 4.95. The Hall–Kier alpha value is -1.58. The highest BCUT2D eigenvalue weighted by molar-refractivity contribution is 5.78. The van der Waals surface area contributed by atoms with Crippen LogP contribution in [0.5, 0.6) is 0 Å². The van der Waals surface area contributed by atoms with Crippen LogP contribution in [0.4, 0.5) is 4.39 Å².